The summed E-state index contributed by atoms with van der Waals surface area (Å²) >= 11 is 0. The van der Waals surface area contributed by atoms with Gasteiger partial charge in [-0.05, 0) is 112 Å². The van der Waals surface area contributed by atoms with Gasteiger partial charge in [-0.3, -0.25) is 4.68 Å². The Labute approximate surface area is 255 Å². The second-order valence-electron chi connectivity index (χ2n) is 14.5. The van der Waals surface area contributed by atoms with Gasteiger partial charge in [-0.1, -0.05) is 13.0 Å². The number of piperidine rings is 2. The third-order valence-electron chi connectivity index (χ3n) is 7.88. The van der Waals surface area contributed by atoms with Gasteiger partial charge in [0.05, 0.1) is 17.6 Å². The summed E-state index contributed by atoms with van der Waals surface area (Å²) in [4.78, 5) is 37.8. The molecular weight excluding hydrogens is 552 g/mol. The number of hydrogen-bond donors (Lipinski definition) is 1. The summed E-state index contributed by atoms with van der Waals surface area (Å²) in [6.07, 6.45) is 3.36. The summed E-state index contributed by atoms with van der Waals surface area (Å²) in [6, 6.07) is 6.63. The van der Waals surface area contributed by atoms with Crippen LogP contribution in [-0.2, 0) is 14.2 Å². The molecule has 4 rings (SSSR count). The van der Waals surface area contributed by atoms with E-state index in [9.17, 15) is 19.5 Å². The van der Waals surface area contributed by atoms with E-state index in [0.29, 0.717) is 18.5 Å². The minimum absolute atomic E-state index is 0.0521. The predicted octanol–water partition coefficient (Wildman–Crippen LogP) is 7.41. The van der Waals surface area contributed by atoms with Crippen LogP contribution in [0, 0.1) is 5.92 Å². The Bertz CT molecular complexity index is 1260. The van der Waals surface area contributed by atoms with Crippen molar-refractivity contribution in [2.45, 2.75) is 117 Å². The van der Waals surface area contributed by atoms with E-state index in [4.69, 9.17) is 14.6 Å². The van der Waals surface area contributed by atoms with Crippen LogP contribution in [0.2, 0.25) is 0 Å². The first-order valence-corrected chi connectivity index (χ1v) is 15.1. The summed E-state index contributed by atoms with van der Waals surface area (Å²) in [5.41, 5.74) is 0.863. The zero-order chi connectivity index (χ0) is 32.3. The van der Waals surface area contributed by atoms with E-state index < -0.39 is 29.6 Å². The smallest absolute Gasteiger partial charge is 0.465 e. The Morgan fingerprint density at radius 1 is 0.977 bits per heavy atom. The molecule has 0 aliphatic carbocycles. The Kier molecular flexibility index (Phi) is 10.4. The number of benzene rings is 1. The number of ether oxygens (including phenoxy) is 3. The molecule has 0 spiro atoms. The fraction of sp³-hybridized carbons (Fsp3) is 0.688. The molecule has 3 atom stereocenters. The highest BCUT2D eigenvalue weighted by atomic mass is 16.8. The molecule has 1 unspecified atom stereocenters. The summed E-state index contributed by atoms with van der Waals surface area (Å²) in [7, 11) is 2.20. The van der Waals surface area contributed by atoms with E-state index >= 15 is 0 Å². The van der Waals surface area contributed by atoms with Crippen LogP contribution in [0.3, 0.4) is 0 Å². The third-order valence-corrected chi connectivity index (χ3v) is 7.88. The normalized spacial score (nSPS) is 22.7. The molecule has 11 nitrogen and oxygen atoms in total. The third kappa shape index (κ3) is 9.84. The molecule has 1 aromatic carbocycles. The second-order valence-corrected chi connectivity index (χ2v) is 14.5. The van der Waals surface area contributed by atoms with E-state index in [1.165, 1.54) is 0 Å². The highest BCUT2D eigenvalue weighted by Gasteiger charge is 2.34. The molecule has 0 bridgehead atoms. The monoisotopic (exact) mass is 602 g/mol. The zero-order valence-electron chi connectivity index (χ0n) is 27.5. The van der Waals surface area contributed by atoms with E-state index in [0.717, 1.165) is 48.7 Å². The standard InChI is InChI=1S/C22H32N4O2.C10H18O5/c1-15-5-8-20(25(13-15)21(27)28)16-6-7-19-17(11-16)14-26(23-19)18-9-10-24(4)22(2,3)12-18;1-9(2,3)14-7(11)13-8(12)15-10(4,5)6/h6-7,11,14-15,18,20H,5,8-10,12-13H2,1-4H3,(H,27,28);1-6H3/t15-,18?,20+;/m0./s1. The first kappa shape index (κ1) is 34.2. The number of aromatic nitrogens is 2. The Morgan fingerprint density at radius 2 is 1.58 bits per heavy atom. The van der Waals surface area contributed by atoms with Gasteiger partial charge >= 0.3 is 18.4 Å². The maximum atomic E-state index is 11.8. The van der Waals surface area contributed by atoms with Crippen molar-refractivity contribution in [3.05, 3.63) is 30.0 Å². The number of amides is 1. The molecule has 240 valence electrons. The van der Waals surface area contributed by atoms with Crippen LogP contribution in [0.15, 0.2) is 24.4 Å². The van der Waals surface area contributed by atoms with Crippen LogP contribution >= 0.6 is 0 Å². The van der Waals surface area contributed by atoms with Crippen molar-refractivity contribution in [2.24, 2.45) is 5.92 Å². The SMILES string of the molecule is CC(C)(C)OC(=O)OC(=O)OC(C)(C)C.C[C@H]1CC[C@H](c2ccc3nn(C4CCN(C)C(C)(C)C4)cc3c2)N(C(=O)O)C1. The van der Waals surface area contributed by atoms with Crippen molar-refractivity contribution in [3.63, 3.8) is 0 Å². The van der Waals surface area contributed by atoms with Crippen LogP contribution < -0.4 is 0 Å². The largest absolute Gasteiger partial charge is 0.519 e. The van der Waals surface area contributed by atoms with Crippen LogP contribution in [0.1, 0.15) is 106 Å². The average Bonchev–Trinajstić information content (AvgIpc) is 3.27. The highest BCUT2D eigenvalue weighted by molar-refractivity contribution is 5.79. The van der Waals surface area contributed by atoms with Crippen LogP contribution in [-0.4, -0.2) is 80.0 Å². The van der Waals surface area contributed by atoms with E-state index in [-0.39, 0.29) is 11.6 Å². The number of hydrogen-bond acceptors (Lipinski definition) is 8. The number of carbonyl (C=O) groups is 3. The lowest BCUT2D eigenvalue weighted by Gasteiger charge is -2.43. The van der Waals surface area contributed by atoms with Gasteiger partial charge in [0.2, 0.25) is 0 Å². The van der Waals surface area contributed by atoms with Gasteiger partial charge in [0.25, 0.3) is 0 Å². The Balaban J connectivity index is 0.000000289. The van der Waals surface area contributed by atoms with Gasteiger partial charge in [0.1, 0.15) is 11.2 Å². The molecule has 2 fully saturated rings. The Morgan fingerprint density at radius 3 is 2.12 bits per heavy atom. The van der Waals surface area contributed by atoms with Crippen molar-refractivity contribution in [1.82, 2.24) is 19.6 Å². The van der Waals surface area contributed by atoms with Gasteiger partial charge in [-0.25, -0.2) is 14.4 Å². The van der Waals surface area contributed by atoms with Gasteiger partial charge in [0.15, 0.2) is 0 Å². The molecule has 2 aromatic rings. The van der Waals surface area contributed by atoms with Crippen molar-refractivity contribution >= 4 is 29.3 Å². The molecule has 2 aliphatic heterocycles. The summed E-state index contributed by atoms with van der Waals surface area (Å²) in [5, 5.41) is 15.6. The zero-order valence-corrected chi connectivity index (χ0v) is 27.5. The van der Waals surface area contributed by atoms with Gasteiger partial charge < -0.3 is 29.1 Å². The minimum atomic E-state index is -1.06. The summed E-state index contributed by atoms with van der Waals surface area (Å²) in [5.74, 6) is 0.423. The van der Waals surface area contributed by atoms with Crippen molar-refractivity contribution in [1.29, 1.82) is 0 Å². The number of nitrogens with zero attached hydrogens (tertiary/aromatic N) is 4. The predicted molar refractivity (Wildman–Crippen MR) is 164 cm³/mol. The number of likely N-dealkylation sites (tertiary alicyclic amines) is 2. The van der Waals surface area contributed by atoms with Crippen molar-refractivity contribution in [2.75, 3.05) is 20.1 Å². The van der Waals surface area contributed by atoms with Crippen LogP contribution in [0.25, 0.3) is 10.9 Å². The molecule has 11 heteroatoms. The topological polar surface area (TPSA) is 123 Å². The molecule has 2 saturated heterocycles. The van der Waals surface area contributed by atoms with Gasteiger partial charge in [-0.2, -0.15) is 5.10 Å². The molecule has 2 aliphatic rings. The first-order chi connectivity index (χ1) is 19.7. The lowest BCUT2D eigenvalue weighted by Crippen LogP contribution is -2.47. The van der Waals surface area contributed by atoms with Crippen molar-refractivity contribution in [3.8, 4) is 0 Å². The minimum Gasteiger partial charge on any atom is -0.465 e. The summed E-state index contributed by atoms with van der Waals surface area (Å²) in [6.45, 7) is 18.4. The molecular formula is C32H50N4O7. The fourth-order valence-electron chi connectivity index (χ4n) is 5.48. The van der Waals surface area contributed by atoms with Gasteiger partial charge in [-0.15, -0.1) is 0 Å². The molecule has 3 heterocycles. The second kappa shape index (κ2) is 13.1. The molecule has 1 aromatic heterocycles. The highest BCUT2D eigenvalue weighted by Crippen LogP contribution is 2.36. The molecule has 0 saturated carbocycles. The quantitative estimate of drug-likeness (QED) is 0.276. The number of carbonyl (C=O) groups excluding carboxylic acids is 2. The summed E-state index contributed by atoms with van der Waals surface area (Å²) < 4.78 is 15.9. The lowest BCUT2D eigenvalue weighted by molar-refractivity contribution is -0.0294. The molecule has 0 radical (unpaired) electrons. The lowest BCUT2D eigenvalue weighted by atomic mass is 9.87. The molecule has 1 amide bonds. The first-order valence-electron chi connectivity index (χ1n) is 15.1. The molecule has 1 N–H and O–H groups in total. The number of fused-ring (bicyclic) bond motifs is 1. The fourth-order valence-corrected chi connectivity index (χ4v) is 5.48. The maximum absolute atomic E-state index is 11.8. The number of rotatable bonds is 2. The van der Waals surface area contributed by atoms with Gasteiger partial charge in [0, 0.05) is 30.2 Å². The van der Waals surface area contributed by atoms with Crippen LogP contribution in [0.4, 0.5) is 14.4 Å². The maximum Gasteiger partial charge on any atom is 0.519 e. The van der Waals surface area contributed by atoms with Crippen LogP contribution in [0.5, 0.6) is 0 Å². The van der Waals surface area contributed by atoms with E-state index in [1.807, 2.05) is 0 Å². The average molecular weight is 603 g/mol. The molecule has 43 heavy (non-hydrogen) atoms. The van der Waals surface area contributed by atoms with E-state index in [2.05, 4.69) is 66.5 Å². The number of carboxylic acid groups (broad SMARTS) is 1. The van der Waals surface area contributed by atoms with E-state index in [1.54, 1.807) is 46.4 Å². The Hall–Kier alpha value is -3.34. The van der Waals surface area contributed by atoms with Crippen molar-refractivity contribution < 1.29 is 33.7 Å².